The second-order valence-corrected chi connectivity index (χ2v) is 7.58. The summed E-state index contributed by atoms with van der Waals surface area (Å²) in [4.78, 5) is 27.9. The third kappa shape index (κ3) is 3.55. The molecule has 2 bridgehead atoms. The summed E-state index contributed by atoms with van der Waals surface area (Å²) >= 11 is 5.93. The Morgan fingerprint density at radius 1 is 1.11 bits per heavy atom. The number of fused-ring (bicyclic) bond motifs is 2. The number of nitro benzene ring substituents is 1. The zero-order valence-electron chi connectivity index (χ0n) is 14.8. The average molecular weight is 386 g/mol. The number of rotatable bonds is 4. The maximum Gasteiger partial charge on any atom is 0.294 e. The first-order valence-corrected chi connectivity index (χ1v) is 9.44. The van der Waals surface area contributed by atoms with Crippen LogP contribution in [0.1, 0.15) is 24.8 Å². The van der Waals surface area contributed by atoms with Gasteiger partial charge in [0, 0.05) is 42.7 Å². The molecule has 27 heavy (non-hydrogen) atoms. The summed E-state index contributed by atoms with van der Waals surface area (Å²) in [7, 11) is 0. The van der Waals surface area contributed by atoms with Crippen LogP contribution in [0.4, 0.5) is 11.4 Å². The van der Waals surface area contributed by atoms with Gasteiger partial charge < -0.3 is 4.90 Å². The summed E-state index contributed by atoms with van der Waals surface area (Å²) < 4.78 is 0. The highest BCUT2D eigenvalue weighted by atomic mass is 35.5. The summed E-state index contributed by atoms with van der Waals surface area (Å²) in [6.07, 6.45) is 2.35. The molecule has 1 amide bonds. The fourth-order valence-corrected chi connectivity index (χ4v) is 4.38. The molecule has 2 fully saturated rings. The molecule has 0 spiro atoms. The van der Waals surface area contributed by atoms with E-state index in [1.54, 1.807) is 17.0 Å². The van der Waals surface area contributed by atoms with E-state index >= 15 is 0 Å². The Labute approximate surface area is 162 Å². The van der Waals surface area contributed by atoms with Gasteiger partial charge in [-0.25, -0.2) is 0 Å². The molecule has 0 N–H and O–H groups in total. The molecule has 140 valence electrons. The van der Waals surface area contributed by atoms with Crippen molar-refractivity contribution in [1.29, 1.82) is 0 Å². The van der Waals surface area contributed by atoms with Crippen molar-refractivity contribution in [3.8, 4) is 0 Å². The van der Waals surface area contributed by atoms with Crippen LogP contribution in [0, 0.1) is 10.1 Å². The molecule has 2 saturated heterocycles. The van der Waals surface area contributed by atoms with Gasteiger partial charge in [-0.1, -0.05) is 41.9 Å². The molecular formula is C20H20ClN3O3. The number of hydrogen-bond donors (Lipinski definition) is 0. The SMILES string of the molecule is O=C1CC2CCC(CN1c1ccc(Cl)cc1[N+](=O)[O-])N2Cc1ccccc1. The first-order valence-electron chi connectivity index (χ1n) is 9.07. The van der Waals surface area contributed by atoms with Crippen molar-refractivity contribution >= 4 is 28.9 Å². The quantitative estimate of drug-likeness (QED) is 0.589. The van der Waals surface area contributed by atoms with Gasteiger partial charge in [0.2, 0.25) is 5.91 Å². The number of nitrogens with zero attached hydrogens (tertiary/aromatic N) is 3. The lowest BCUT2D eigenvalue weighted by Crippen LogP contribution is -2.39. The van der Waals surface area contributed by atoms with Crippen LogP contribution in [-0.4, -0.2) is 34.4 Å². The number of halogens is 1. The van der Waals surface area contributed by atoms with Gasteiger partial charge in [0.25, 0.3) is 5.69 Å². The minimum Gasteiger partial charge on any atom is -0.305 e. The normalized spacial score (nSPS) is 22.7. The molecule has 7 heteroatoms. The molecule has 2 aliphatic heterocycles. The Bertz CT molecular complexity index is 874. The summed E-state index contributed by atoms with van der Waals surface area (Å²) in [6.45, 7) is 1.25. The monoisotopic (exact) mass is 385 g/mol. The fourth-order valence-electron chi connectivity index (χ4n) is 4.21. The molecule has 0 radical (unpaired) electrons. The van der Waals surface area contributed by atoms with E-state index in [4.69, 9.17) is 11.6 Å². The Kier molecular flexibility index (Phi) is 4.85. The van der Waals surface area contributed by atoms with Gasteiger partial charge in [0.05, 0.1) is 4.92 Å². The summed E-state index contributed by atoms with van der Waals surface area (Å²) in [5.74, 6) is -0.0642. The Morgan fingerprint density at radius 2 is 1.85 bits per heavy atom. The van der Waals surface area contributed by atoms with E-state index in [2.05, 4.69) is 17.0 Å². The van der Waals surface area contributed by atoms with Gasteiger partial charge in [-0.05, 0) is 30.5 Å². The van der Waals surface area contributed by atoms with Crippen molar-refractivity contribution in [1.82, 2.24) is 4.90 Å². The predicted molar refractivity (Wildman–Crippen MR) is 104 cm³/mol. The minimum absolute atomic E-state index is 0.0642. The zero-order chi connectivity index (χ0) is 19.0. The highest BCUT2D eigenvalue weighted by Gasteiger charge is 2.41. The van der Waals surface area contributed by atoms with Gasteiger partial charge in [-0.15, -0.1) is 0 Å². The van der Waals surface area contributed by atoms with Crippen LogP contribution in [-0.2, 0) is 11.3 Å². The summed E-state index contributed by atoms with van der Waals surface area (Å²) in [6, 6.07) is 15.1. The number of hydrogen-bond acceptors (Lipinski definition) is 4. The third-order valence-electron chi connectivity index (χ3n) is 5.51. The molecule has 2 aromatic rings. The highest BCUT2D eigenvalue weighted by molar-refractivity contribution is 6.31. The van der Waals surface area contributed by atoms with Crippen molar-refractivity contribution in [3.63, 3.8) is 0 Å². The lowest BCUT2D eigenvalue weighted by Gasteiger charge is -2.28. The lowest BCUT2D eigenvalue weighted by atomic mass is 10.1. The van der Waals surface area contributed by atoms with Gasteiger partial charge in [0.15, 0.2) is 0 Å². The van der Waals surface area contributed by atoms with E-state index in [9.17, 15) is 14.9 Å². The predicted octanol–water partition coefficient (Wildman–Crippen LogP) is 4.02. The zero-order valence-corrected chi connectivity index (χ0v) is 15.5. The van der Waals surface area contributed by atoms with E-state index in [1.807, 2.05) is 18.2 Å². The van der Waals surface area contributed by atoms with Crippen LogP contribution in [0.3, 0.4) is 0 Å². The number of carbonyl (C=O) groups excluding carboxylic acids is 1. The number of amides is 1. The van der Waals surface area contributed by atoms with Crippen molar-refractivity contribution in [2.45, 2.75) is 37.9 Å². The van der Waals surface area contributed by atoms with Crippen molar-refractivity contribution in [2.24, 2.45) is 0 Å². The lowest BCUT2D eigenvalue weighted by molar-refractivity contribution is -0.384. The third-order valence-corrected chi connectivity index (χ3v) is 5.74. The molecule has 2 heterocycles. The van der Waals surface area contributed by atoms with Crippen LogP contribution in [0.5, 0.6) is 0 Å². The topological polar surface area (TPSA) is 66.7 Å². The number of carbonyl (C=O) groups is 1. The molecular weight excluding hydrogens is 366 g/mol. The summed E-state index contributed by atoms with van der Waals surface area (Å²) in [5, 5.41) is 11.8. The molecule has 6 nitrogen and oxygen atoms in total. The minimum atomic E-state index is -0.473. The Morgan fingerprint density at radius 3 is 2.59 bits per heavy atom. The number of nitro groups is 1. The molecule has 2 unspecified atom stereocenters. The van der Waals surface area contributed by atoms with E-state index < -0.39 is 4.92 Å². The van der Waals surface area contributed by atoms with Crippen LogP contribution >= 0.6 is 11.6 Å². The molecule has 0 aromatic heterocycles. The van der Waals surface area contributed by atoms with Crippen LogP contribution in [0.25, 0.3) is 0 Å². The van der Waals surface area contributed by atoms with Gasteiger partial charge in [-0.2, -0.15) is 0 Å². The second-order valence-electron chi connectivity index (χ2n) is 7.14. The largest absolute Gasteiger partial charge is 0.305 e. The standard InChI is InChI=1S/C20H20ClN3O3/c21-15-6-9-18(19(10-15)24(26)27)23-13-17-8-7-16(11-20(23)25)22(17)12-14-4-2-1-3-5-14/h1-6,9-10,16-17H,7-8,11-13H2. The van der Waals surface area contributed by atoms with E-state index in [-0.39, 0.29) is 23.7 Å². The Balaban J connectivity index is 1.63. The van der Waals surface area contributed by atoms with Gasteiger partial charge >= 0.3 is 0 Å². The molecule has 2 atom stereocenters. The first-order chi connectivity index (χ1) is 13.0. The van der Waals surface area contributed by atoms with Gasteiger partial charge in [-0.3, -0.25) is 19.8 Å². The summed E-state index contributed by atoms with van der Waals surface area (Å²) in [5.41, 5.74) is 1.43. The van der Waals surface area contributed by atoms with Crippen LogP contribution in [0.2, 0.25) is 5.02 Å². The van der Waals surface area contributed by atoms with Crippen molar-refractivity contribution in [3.05, 3.63) is 69.2 Å². The maximum atomic E-state index is 12.9. The van der Waals surface area contributed by atoms with E-state index in [0.29, 0.717) is 23.7 Å². The van der Waals surface area contributed by atoms with Crippen molar-refractivity contribution in [2.75, 3.05) is 11.4 Å². The molecule has 2 aliphatic rings. The van der Waals surface area contributed by atoms with Crippen molar-refractivity contribution < 1.29 is 9.72 Å². The molecule has 4 rings (SSSR count). The maximum absolute atomic E-state index is 12.9. The number of benzene rings is 2. The molecule has 2 aromatic carbocycles. The van der Waals surface area contributed by atoms with E-state index in [1.165, 1.54) is 11.6 Å². The molecule has 0 aliphatic carbocycles. The Hall–Kier alpha value is -2.44. The average Bonchev–Trinajstić information content (AvgIpc) is 2.95. The fraction of sp³-hybridized carbons (Fsp3) is 0.350. The van der Waals surface area contributed by atoms with E-state index in [0.717, 1.165) is 19.4 Å². The number of anilines is 1. The molecule has 0 saturated carbocycles. The second kappa shape index (κ2) is 7.29. The van der Waals surface area contributed by atoms with Crippen LogP contribution < -0.4 is 4.90 Å². The smallest absolute Gasteiger partial charge is 0.294 e. The van der Waals surface area contributed by atoms with Crippen LogP contribution in [0.15, 0.2) is 48.5 Å². The van der Waals surface area contributed by atoms with Gasteiger partial charge in [0.1, 0.15) is 5.69 Å². The highest BCUT2D eigenvalue weighted by Crippen LogP contribution is 2.37. The first kappa shape index (κ1) is 17.9.